The number of hydrogen-bond acceptors (Lipinski definition) is 4. The fourth-order valence-electron chi connectivity index (χ4n) is 2.73. The summed E-state index contributed by atoms with van der Waals surface area (Å²) in [4.78, 5) is 8.65. The molecule has 0 saturated heterocycles. The molecule has 22 heavy (non-hydrogen) atoms. The molecule has 0 aliphatic heterocycles. The lowest BCUT2D eigenvalue weighted by Gasteiger charge is -2.00. The Morgan fingerprint density at radius 1 is 1.32 bits per heavy atom. The highest BCUT2D eigenvalue weighted by molar-refractivity contribution is 7.20. The van der Waals surface area contributed by atoms with E-state index in [0.717, 1.165) is 39.3 Å². The monoisotopic (exact) mass is 309 g/mol. The number of aromatic amines is 1. The molecular weight excluding hydrogens is 294 g/mol. The SMILES string of the molecule is c1cc2cc(-c3cnc4sc(NCC5CC5)nn34)ccc2[nH]1. The third-order valence-electron chi connectivity index (χ3n) is 4.17. The van der Waals surface area contributed by atoms with E-state index in [0.29, 0.717) is 0 Å². The number of anilines is 1. The molecule has 0 unspecified atom stereocenters. The summed E-state index contributed by atoms with van der Waals surface area (Å²) in [5.74, 6) is 0.840. The van der Waals surface area contributed by atoms with Crippen LogP contribution in [0.15, 0.2) is 36.7 Å². The number of aromatic nitrogens is 4. The van der Waals surface area contributed by atoms with Gasteiger partial charge in [-0.3, -0.25) is 0 Å². The minimum absolute atomic E-state index is 0.840. The predicted octanol–water partition coefficient (Wildman–Crippen LogP) is 3.76. The number of nitrogens with zero attached hydrogens (tertiary/aromatic N) is 3. The lowest BCUT2D eigenvalue weighted by molar-refractivity contribution is 0.875. The van der Waals surface area contributed by atoms with Gasteiger partial charge in [-0.15, -0.1) is 5.10 Å². The van der Waals surface area contributed by atoms with Gasteiger partial charge in [-0.1, -0.05) is 17.4 Å². The first-order valence-corrected chi connectivity index (χ1v) is 8.34. The zero-order chi connectivity index (χ0) is 14.5. The first-order chi connectivity index (χ1) is 10.9. The highest BCUT2D eigenvalue weighted by atomic mass is 32.1. The smallest absolute Gasteiger partial charge is 0.214 e. The van der Waals surface area contributed by atoms with Crippen molar-refractivity contribution < 1.29 is 0 Å². The van der Waals surface area contributed by atoms with Gasteiger partial charge >= 0.3 is 0 Å². The van der Waals surface area contributed by atoms with Crippen LogP contribution in [0.1, 0.15) is 12.8 Å². The van der Waals surface area contributed by atoms with E-state index in [4.69, 9.17) is 0 Å². The van der Waals surface area contributed by atoms with Crippen molar-refractivity contribution in [1.29, 1.82) is 0 Å². The van der Waals surface area contributed by atoms with Gasteiger partial charge in [-0.25, -0.2) is 9.50 Å². The molecule has 0 amide bonds. The maximum Gasteiger partial charge on any atom is 0.214 e. The van der Waals surface area contributed by atoms with Gasteiger partial charge in [0.1, 0.15) is 0 Å². The Labute approximate surface area is 131 Å². The molecule has 1 fully saturated rings. The lowest BCUT2D eigenvalue weighted by atomic mass is 10.1. The van der Waals surface area contributed by atoms with Crippen LogP contribution in [0, 0.1) is 5.92 Å². The van der Waals surface area contributed by atoms with Gasteiger partial charge in [0.15, 0.2) is 0 Å². The molecule has 0 spiro atoms. The van der Waals surface area contributed by atoms with Crippen LogP contribution in [0.3, 0.4) is 0 Å². The number of rotatable bonds is 4. The highest BCUT2D eigenvalue weighted by Gasteiger charge is 2.21. The minimum atomic E-state index is 0.840. The second-order valence-electron chi connectivity index (χ2n) is 5.85. The molecule has 0 bridgehead atoms. The summed E-state index contributed by atoms with van der Waals surface area (Å²) in [6.07, 6.45) is 6.55. The van der Waals surface area contributed by atoms with Crippen LogP contribution < -0.4 is 5.32 Å². The summed E-state index contributed by atoms with van der Waals surface area (Å²) < 4.78 is 1.94. The first-order valence-electron chi connectivity index (χ1n) is 7.53. The van der Waals surface area contributed by atoms with Crippen LogP contribution in [0.4, 0.5) is 5.13 Å². The molecule has 6 heteroatoms. The van der Waals surface area contributed by atoms with Crippen LogP contribution >= 0.6 is 11.3 Å². The second kappa shape index (κ2) is 4.58. The Hall–Kier alpha value is -2.34. The highest BCUT2D eigenvalue weighted by Crippen LogP contribution is 2.31. The maximum atomic E-state index is 4.67. The average molecular weight is 309 g/mol. The first kappa shape index (κ1) is 12.2. The fraction of sp³-hybridized carbons (Fsp3) is 0.250. The van der Waals surface area contributed by atoms with Gasteiger partial charge in [0.2, 0.25) is 10.1 Å². The van der Waals surface area contributed by atoms with Gasteiger partial charge < -0.3 is 10.3 Å². The molecule has 0 radical (unpaired) electrons. The topological polar surface area (TPSA) is 58.0 Å². The molecular formula is C16H15N5S. The number of benzene rings is 1. The maximum absolute atomic E-state index is 4.67. The van der Waals surface area contributed by atoms with Crippen molar-refractivity contribution in [2.75, 3.05) is 11.9 Å². The standard InChI is InChI=1S/C16H15N5S/c1-2-10(1)8-18-15-20-21-14(9-19-16(21)22-15)12-3-4-13-11(7-12)5-6-17-13/h3-7,9-10,17H,1-2,8H2,(H,18,20). The molecule has 1 aliphatic rings. The summed E-state index contributed by atoms with van der Waals surface area (Å²) >= 11 is 1.61. The van der Waals surface area contributed by atoms with Crippen molar-refractivity contribution >= 4 is 32.3 Å². The Balaban J connectivity index is 1.54. The van der Waals surface area contributed by atoms with E-state index < -0.39 is 0 Å². The van der Waals surface area contributed by atoms with E-state index in [1.54, 1.807) is 11.3 Å². The third-order valence-corrected chi connectivity index (χ3v) is 5.05. The quantitative estimate of drug-likeness (QED) is 0.603. The van der Waals surface area contributed by atoms with Gasteiger partial charge in [-0.05, 0) is 37.0 Å². The summed E-state index contributed by atoms with van der Waals surface area (Å²) in [7, 11) is 0. The van der Waals surface area contributed by atoms with Crippen LogP contribution in [0.2, 0.25) is 0 Å². The normalized spacial score (nSPS) is 14.9. The Kier molecular flexibility index (Phi) is 2.54. The lowest BCUT2D eigenvalue weighted by Crippen LogP contribution is -2.03. The molecule has 2 N–H and O–H groups in total. The van der Waals surface area contributed by atoms with E-state index in [2.05, 4.69) is 44.6 Å². The van der Waals surface area contributed by atoms with Crippen molar-refractivity contribution in [3.8, 4) is 11.3 Å². The van der Waals surface area contributed by atoms with Crippen LogP contribution in [0.25, 0.3) is 27.1 Å². The fourth-order valence-corrected chi connectivity index (χ4v) is 3.51. The van der Waals surface area contributed by atoms with E-state index in [9.17, 15) is 0 Å². The summed E-state index contributed by atoms with van der Waals surface area (Å²) in [6, 6.07) is 8.47. The second-order valence-corrected chi connectivity index (χ2v) is 6.80. The Bertz CT molecular complexity index is 959. The Morgan fingerprint density at radius 2 is 2.27 bits per heavy atom. The van der Waals surface area contributed by atoms with Gasteiger partial charge in [0.25, 0.3) is 0 Å². The summed E-state index contributed by atoms with van der Waals surface area (Å²) in [6.45, 7) is 1.03. The van der Waals surface area contributed by atoms with E-state index in [1.807, 2.05) is 16.9 Å². The number of H-pyrrole nitrogens is 1. The average Bonchev–Trinajstić information content (AvgIpc) is 2.95. The van der Waals surface area contributed by atoms with Crippen LogP contribution in [0.5, 0.6) is 0 Å². The van der Waals surface area contributed by atoms with Crippen molar-refractivity contribution in [1.82, 2.24) is 19.6 Å². The molecule has 0 atom stereocenters. The van der Waals surface area contributed by atoms with Gasteiger partial charge in [0, 0.05) is 29.2 Å². The van der Waals surface area contributed by atoms with E-state index in [1.165, 1.54) is 18.2 Å². The molecule has 3 aromatic heterocycles. The van der Waals surface area contributed by atoms with E-state index >= 15 is 0 Å². The Morgan fingerprint density at radius 3 is 3.18 bits per heavy atom. The molecule has 1 saturated carbocycles. The molecule has 1 aromatic carbocycles. The zero-order valence-corrected chi connectivity index (χ0v) is 12.7. The van der Waals surface area contributed by atoms with Crippen molar-refractivity contribution in [2.24, 2.45) is 5.92 Å². The van der Waals surface area contributed by atoms with Crippen molar-refractivity contribution in [2.45, 2.75) is 12.8 Å². The molecule has 3 heterocycles. The largest absolute Gasteiger partial charge is 0.361 e. The molecule has 5 rings (SSSR count). The number of fused-ring (bicyclic) bond motifs is 2. The minimum Gasteiger partial charge on any atom is -0.361 e. The number of imidazole rings is 1. The van der Waals surface area contributed by atoms with Crippen LogP contribution in [-0.2, 0) is 0 Å². The molecule has 1 aliphatic carbocycles. The summed E-state index contributed by atoms with van der Waals surface area (Å²) in [5, 5.41) is 10.3. The van der Waals surface area contributed by atoms with Crippen LogP contribution in [-0.4, -0.2) is 26.1 Å². The molecule has 110 valence electrons. The molecule has 4 aromatic rings. The number of hydrogen-bond donors (Lipinski definition) is 2. The van der Waals surface area contributed by atoms with Crippen molar-refractivity contribution in [3.05, 3.63) is 36.7 Å². The molecule has 5 nitrogen and oxygen atoms in total. The predicted molar refractivity (Wildman–Crippen MR) is 89.4 cm³/mol. The van der Waals surface area contributed by atoms with E-state index in [-0.39, 0.29) is 0 Å². The third kappa shape index (κ3) is 1.99. The zero-order valence-electron chi connectivity index (χ0n) is 11.9. The summed E-state index contributed by atoms with van der Waals surface area (Å²) in [5.41, 5.74) is 3.32. The van der Waals surface area contributed by atoms with Gasteiger partial charge in [0.05, 0.1) is 11.9 Å². The number of nitrogens with one attached hydrogen (secondary N) is 2. The van der Waals surface area contributed by atoms with Gasteiger partial charge in [-0.2, -0.15) is 0 Å². The van der Waals surface area contributed by atoms with Crippen molar-refractivity contribution in [3.63, 3.8) is 0 Å².